The summed E-state index contributed by atoms with van der Waals surface area (Å²) >= 11 is 5.84. The lowest BCUT2D eigenvalue weighted by Crippen LogP contribution is -2.12. The summed E-state index contributed by atoms with van der Waals surface area (Å²) in [6.45, 7) is 1.34. The highest BCUT2D eigenvalue weighted by Gasteiger charge is 2.09. The predicted molar refractivity (Wildman–Crippen MR) is 63.8 cm³/mol. The van der Waals surface area contributed by atoms with Crippen molar-refractivity contribution in [1.82, 2.24) is 0 Å². The monoisotopic (exact) mass is 244 g/mol. The van der Waals surface area contributed by atoms with Crippen LogP contribution in [0.2, 0.25) is 0 Å². The molecule has 1 N–H and O–H groups in total. The normalized spacial score (nSPS) is 12.6. The second-order valence-electron chi connectivity index (χ2n) is 3.26. The molecule has 0 heterocycles. The Morgan fingerprint density at radius 1 is 1.12 bits per heavy atom. The van der Waals surface area contributed by atoms with E-state index < -0.39 is 0 Å². The van der Waals surface area contributed by atoms with Gasteiger partial charge in [0.15, 0.2) is 0 Å². The standard InChI is InChI=1S/C12H17ClO3/c13-10-12(11-4-2-1-3-5-11)16-9-8-15-7-6-14/h1-5,12,14H,6-10H2. The minimum absolute atomic E-state index is 0.0393. The van der Waals surface area contributed by atoms with Gasteiger partial charge < -0.3 is 14.6 Å². The van der Waals surface area contributed by atoms with E-state index in [0.717, 1.165) is 5.56 Å². The van der Waals surface area contributed by atoms with E-state index in [2.05, 4.69) is 0 Å². The zero-order valence-electron chi connectivity index (χ0n) is 9.14. The Balaban J connectivity index is 2.27. The Kier molecular flexibility index (Phi) is 7.17. The second-order valence-corrected chi connectivity index (χ2v) is 3.57. The zero-order chi connectivity index (χ0) is 11.6. The van der Waals surface area contributed by atoms with E-state index in [-0.39, 0.29) is 12.7 Å². The highest BCUT2D eigenvalue weighted by atomic mass is 35.5. The van der Waals surface area contributed by atoms with Gasteiger partial charge in [0.2, 0.25) is 0 Å². The average molecular weight is 245 g/mol. The number of alkyl halides is 1. The van der Waals surface area contributed by atoms with Crippen molar-refractivity contribution in [3.05, 3.63) is 35.9 Å². The number of ether oxygens (including phenoxy) is 2. The van der Waals surface area contributed by atoms with Gasteiger partial charge in [-0.15, -0.1) is 11.6 Å². The average Bonchev–Trinajstić information content (AvgIpc) is 2.35. The van der Waals surface area contributed by atoms with Crippen LogP contribution in [0.15, 0.2) is 30.3 Å². The zero-order valence-corrected chi connectivity index (χ0v) is 9.90. The summed E-state index contributed by atoms with van der Waals surface area (Å²) in [6, 6.07) is 9.85. The van der Waals surface area contributed by atoms with Crippen LogP contribution in [0.3, 0.4) is 0 Å². The lowest BCUT2D eigenvalue weighted by atomic mass is 10.1. The molecule has 0 aliphatic heterocycles. The summed E-state index contributed by atoms with van der Waals surface area (Å²) in [5, 5.41) is 8.51. The van der Waals surface area contributed by atoms with E-state index in [0.29, 0.717) is 25.7 Å². The molecular weight excluding hydrogens is 228 g/mol. The number of hydrogen-bond acceptors (Lipinski definition) is 3. The van der Waals surface area contributed by atoms with Crippen molar-refractivity contribution in [2.24, 2.45) is 0 Å². The van der Waals surface area contributed by atoms with E-state index in [4.69, 9.17) is 26.2 Å². The van der Waals surface area contributed by atoms with Gasteiger partial charge in [0.1, 0.15) is 0 Å². The molecule has 0 saturated heterocycles. The van der Waals surface area contributed by atoms with E-state index >= 15 is 0 Å². The predicted octanol–water partition coefficient (Wildman–Crippen LogP) is 1.99. The fraction of sp³-hybridized carbons (Fsp3) is 0.500. The first kappa shape index (κ1) is 13.5. The molecule has 1 unspecified atom stereocenters. The third kappa shape index (κ3) is 4.94. The van der Waals surface area contributed by atoms with Crippen LogP contribution >= 0.6 is 11.6 Å². The molecule has 1 aromatic carbocycles. The number of benzene rings is 1. The molecule has 1 aromatic rings. The van der Waals surface area contributed by atoms with E-state index in [1.54, 1.807) is 0 Å². The summed E-state index contributed by atoms with van der Waals surface area (Å²) in [7, 11) is 0. The minimum atomic E-state index is -0.0967. The van der Waals surface area contributed by atoms with Gasteiger partial charge in [-0.25, -0.2) is 0 Å². The van der Waals surface area contributed by atoms with Crippen LogP contribution in [-0.4, -0.2) is 37.4 Å². The molecule has 0 aliphatic rings. The van der Waals surface area contributed by atoms with Crippen LogP contribution in [0.4, 0.5) is 0 Å². The summed E-state index contributed by atoms with van der Waals surface area (Å²) in [5.74, 6) is 0.421. The molecule has 0 aromatic heterocycles. The maximum absolute atomic E-state index is 8.51. The van der Waals surface area contributed by atoms with E-state index in [9.17, 15) is 0 Å². The first-order chi connectivity index (χ1) is 7.88. The second kappa shape index (κ2) is 8.53. The third-order valence-corrected chi connectivity index (χ3v) is 2.37. The quantitative estimate of drug-likeness (QED) is 0.562. The number of halogens is 1. The number of aliphatic hydroxyl groups is 1. The van der Waals surface area contributed by atoms with Gasteiger partial charge in [-0.1, -0.05) is 30.3 Å². The topological polar surface area (TPSA) is 38.7 Å². The Hall–Kier alpha value is -0.610. The van der Waals surface area contributed by atoms with Crippen LogP contribution in [-0.2, 0) is 9.47 Å². The lowest BCUT2D eigenvalue weighted by Gasteiger charge is -2.15. The molecule has 1 rings (SSSR count). The van der Waals surface area contributed by atoms with Crippen molar-refractivity contribution in [3.63, 3.8) is 0 Å². The molecule has 0 radical (unpaired) electrons. The number of hydrogen-bond donors (Lipinski definition) is 1. The van der Waals surface area contributed by atoms with Crippen molar-refractivity contribution in [1.29, 1.82) is 0 Å². The van der Waals surface area contributed by atoms with Crippen LogP contribution in [0, 0.1) is 0 Å². The van der Waals surface area contributed by atoms with Crippen LogP contribution in [0.25, 0.3) is 0 Å². The molecule has 0 spiro atoms. The molecule has 0 bridgehead atoms. The highest BCUT2D eigenvalue weighted by Crippen LogP contribution is 2.18. The van der Waals surface area contributed by atoms with Crippen molar-refractivity contribution in [2.45, 2.75) is 6.10 Å². The van der Waals surface area contributed by atoms with Gasteiger partial charge in [-0.05, 0) is 5.56 Å². The molecule has 0 fully saturated rings. The summed E-state index contributed by atoms with van der Waals surface area (Å²) in [4.78, 5) is 0. The molecular formula is C12H17ClO3. The molecule has 0 saturated carbocycles. The van der Waals surface area contributed by atoms with E-state index in [1.165, 1.54) is 0 Å². The first-order valence-electron chi connectivity index (χ1n) is 5.29. The fourth-order valence-electron chi connectivity index (χ4n) is 1.31. The minimum Gasteiger partial charge on any atom is -0.394 e. The van der Waals surface area contributed by atoms with Gasteiger partial charge in [-0.2, -0.15) is 0 Å². The van der Waals surface area contributed by atoms with Crippen LogP contribution < -0.4 is 0 Å². The lowest BCUT2D eigenvalue weighted by molar-refractivity contribution is 0.00458. The van der Waals surface area contributed by atoms with Crippen molar-refractivity contribution in [2.75, 3.05) is 32.3 Å². The number of rotatable bonds is 8. The number of aliphatic hydroxyl groups excluding tert-OH is 1. The molecule has 0 amide bonds. The SMILES string of the molecule is OCCOCCOC(CCl)c1ccccc1. The largest absolute Gasteiger partial charge is 0.394 e. The smallest absolute Gasteiger partial charge is 0.0961 e. The third-order valence-electron chi connectivity index (χ3n) is 2.09. The molecule has 3 nitrogen and oxygen atoms in total. The summed E-state index contributed by atoms with van der Waals surface area (Å²) < 4.78 is 10.7. The van der Waals surface area contributed by atoms with Crippen molar-refractivity contribution < 1.29 is 14.6 Å². The maximum Gasteiger partial charge on any atom is 0.0961 e. The molecule has 90 valence electrons. The maximum atomic E-state index is 8.51. The molecule has 4 heteroatoms. The summed E-state index contributed by atoms with van der Waals surface area (Å²) in [5.41, 5.74) is 1.07. The molecule has 1 atom stereocenters. The van der Waals surface area contributed by atoms with Gasteiger partial charge >= 0.3 is 0 Å². The Morgan fingerprint density at radius 2 is 1.88 bits per heavy atom. The first-order valence-corrected chi connectivity index (χ1v) is 5.83. The van der Waals surface area contributed by atoms with Gasteiger partial charge in [0.25, 0.3) is 0 Å². The van der Waals surface area contributed by atoms with Gasteiger partial charge in [0, 0.05) is 0 Å². The highest BCUT2D eigenvalue weighted by molar-refractivity contribution is 6.18. The Morgan fingerprint density at radius 3 is 2.50 bits per heavy atom. The van der Waals surface area contributed by atoms with Gasteiger partial charge in [-0.3, -0.25) is 0 Å². The van der Waals surface area contributed by atoms with Gasteiger partial charge in [0.05, 0.1) is 38.4 Å². The molecule has 16 heavy (non-hydrogen) atoms. The summed E-state index contributed by atoms with van der Waals surface area (Å²) in [6.07, 6.45) is -0.0967. The molecule has 0 aliphatic carbocycles. The van der Waals surface area contributed by atoms with Crippen LogP contribution in [0.1, 0.15) is 11.7 Å². The fourth-order valence-corrected chi connectivity index (χ4v) is 1.58. The van der Waals surface area contributed by atoms with Crippen molar-refractivity contribution >= 4 is 11.6 Å². The van der Waals surface area contributed by atoms with Crippen molar-refractivity contribution in [3.8, 4) is 0 Å². The Bertz CT molecular complexity index is 266. The van der Waals surface area contributed by atoms with Crippen LogP contribution in [0.5, 0.6) is 0 Å². The Labute approximate surface area is 101 Å². The van der Waals surface area contributed by atoms with E-state index in [1.807, 2.05) is 30.3 Å².